The largest absolute Gasteiger partial charge is 0.477 e. The lowest BCUT2D eigenvalue weighted by atomic mass is 9.88. The summed E-state index contributed by atoms with van der Waals surface area (Å²) in [5, 5.41) is 4.41. The average molecular weight is 208 g/mol. The predicted octanol–water partition coefficient (Wildman–Crippen LogP) is 2.60. The molecular weight excluding hydrogens is 188 g/mol. The lowest BCUT2D eigenvalue weighted by molar-refractivity contribution is 0.0981. The molecule has 15 heavy (non-hydrogen) atoms. The van der Waals surface area contributed by atoms with E-state index in [9.17, 15) is 0 Å². The zero-order valence-corrected chi connectivity index (χ0v) is 10.3. The van der Waals surface area contributed by atoms with Gasteiger partial charge in [-0.05, 0) is 5.41 Å². The van der Waals surface area contributed by atoms with Gasteiger partial charge in [-0.3, -0.25) is 0 Å². The molecule has 1 aromatic heterocycles. The van der Waals surface area contributed by atoms with E-state index in [-0.39, 0.29) is 10.8 Å². The molecule has 0 atom stereocenters. The Labute approximate surface area is 91.4 Å². The third-order valence-electron chi connectivity index (χ3n) is 2.78. The molecule has 0 saturated carbocycles. The van der Waals surface area contributed by atoms with Crippen molar-refractivity contribution >= 4 is 0 Å². The Morgan fingerprint density at radius 2 is 2.07 bits per heavy atom. The van der Waals surface area contributed by atoms with E-state index in [1.54, 1.807) is 0 Å². The molecule has 2 heterocycles. The van der Waals surface area contributed by atoms with Crippen molar-refractivity contribution in [1.82, 2.24) is 9.78 Å². The Kier molecular flexibility index (Phi) is 2.11. The predicted molar refractivity (Wildman–Crippen MR) is 60.2 cm³/mol. The van der Waals surface area contributed by atoms with Crippen LogP contribution in [-0.2, 0) is 12.0 Å². The van der Waals surface area contributed by atoms with Crippen LogP contribution in [0.1, 0.15) is 40.2 Å². The number of aromatic nitrogens is 2. The highest BCUT2D eigenvalue weighted by molar-refractivity contribution is 5.32. The van der Waals surface area contributed by atoms with E-state index < -0.39 is 0 Å². The van der Waals surface area contributed by atoms with Crippen molar-refractivity contribution in [2.45, 2.75) is 46.6 Å². The molecule has 1 aromatic rings. The van der Waals surface area contributed by atoms with Crippen molar-refractivity contribution < 1.29 is 4.74 Å². The number of fused-ring (bicyclic) bond motifs is 1. The van der Waals surface area contributed by atoms with Crippen molar-refractivity contribution in [1.29, 1.82) is 0 Å². The van der Waals surface area contributed by atoms with Gasteiger partial charge in [-0.1, -0.05) is 34.6 Å². The van der Waals surface area contributed by atoms with Crippen LogP contribution in [0.2, 0.25) is 0 Å². The van der Waals surface area contributed by atoms with Gasteiger partial charge >= 0.3 is 0 Å². The number of hydrogen-bond acceptors (Lipinski definition) is 2. The van der Waals surface area contributed by atoms with E-state index in [0.29, 0.717) is 0 Å². The van der Waals surface area contributed by atoms with Crippen LogP contribution >= 0.6 is 0 Å². The van der Waals surface area contributed by atoms with Gasteiger partial charge in [0.25, 0.3) is 0 Å². The summed E-state index contributed by atoms with van der Waals surface area (Å²) in [5.74, 6) is 0.960. The van der Waals surface area contributed by atoms with Crippen molar-refractivity contribution in [3.8, 4) is 5.88 Å². The molecule has 1 aliphatic rings. The van der Waals surface area contributed by atoms with Crippen LogP contribution in [-0.4, -0.2) is 16.4 Å². The number of nitrogens with zero attached hydrogens (tertiary/aromatic N) is 2. The van der Waals surface area contributed by atoms with Crippen molar-refractivity contribution in [2.75, 3.05) is 6.61 Å². The number of hydrogen-bond donors (Lipinski definition) is 0. The smallest absolute Gasteiger partial charge is 0.215 e. The molecule has 3 heteroatoms. The Balaban J connectivity index is 2.39. The maximum atomic E-state index is 5.84. The number of ether oxygens (including phenoxy) is 1. The molecule has 1 aliphatic heterocycles. The first-order chi connectivity index (χ1) is 6.80. The molecule has 84 valence electrons. The first-order valence-electron chi connectivity index (χ1n) is 5.49. The molecule has 0 N–H and O–H groups in total. The molecule has 2 rings (SSSR count). The van der Waals surface area contributed by atoms with Gasteiger partial charge in [-0.25, -0.2) is 4.68 Å². The zero-order valence-electron chi connectivity index (χ0n) is 10.3. The van der Waals surface area contributed by atoms with E-state index in [2.05, 4.69) is 39.7 Å². The third-order valence-corrected chi connectivity index (χ3v) is 2.78. The maximum absolute atomic E-state index is 5.84. The highest BCUT2D eigenvalue weighted by Gasteiger charge is 2.32. The average Bonchev–Trinajstić information content (AvgIpc) is 2.43. The molecule has 0 bridgehead atoms. The normalized spacial score (nSPS) is 19.5. The summed E-state index contributed by atoms with van der Waals surface area (Å²) in [6.45, 7) is 12.7. The van der Waals surface area contributed by atoms with Gasteiger partial charge in [-0.15, -0.1) is 0 Å². The van der Waals surface area contributed by atoms with E-state index in [1.807, 2.05) is 10.9 Å². The summed E-state index contributed by atoms with van der Waals surface area (Å²) >= 11 is 0. The standard InChI is InChI=1S/C12H20N2O/c1-11(2,3)9-6-13-14-7-12(4,5)8-15-10(9)14/h6H,7-8H2,1-5H3. The Morgan fingerprint density at radius 3 is 2.67 bits per heavy atom. The summed E-state index contributed by atoms with van der Waals surface area (Å²) in [5.41, 5.74) is 1.50. The minimum Gasteiger partial charge on any atom is -0.477 e. The molecule has 0 unspecified atom stereocenters. The minimum absolute atomic E-state index is 0.106. The molecule has 0 fully saturated rings. The highest BCUT2D eigenvalue weighted by Crippen LogP contribution is 2.36. The molecular formula is C12H20N2O. The molecule has 0 aliphatic carbocycles. The monoisotopic (exact) mass is 208 g/mol. The van der Waals surface area contributed by atoms with Crippen molar-refractivity contribution in [3.05, 3.63) is 11.8 Å². The van der Waals surface area contributed by atoms with Crippen LogP contribution in [0.4, 0.5) is 0 Å². The summed E-state index contributed by atoms with van der Waals surface area (Å²) in [6, 6.07) is 0. The fourth-order valence-electron chi connectivity index (χ4n) is 1.87. The summed E-state index contributed by atoms with van der Waals surface area (Å²) < 4.78 is 7.83. The van der Waals surface area contributed by atoms with Crippen LogP contribution in [0, 0.1) is 5.41 Å². The van der Waals surface area contributed by atoms with Gasteiger partial charge in [0.15, 0.2) is 0 Å². The van der Waals surface area contributed by atoms with Gasteiger partial charge in [0.1, 0.15) is 0 Å². The minimum atomic E-state index is 0.106. The first kappa shape index (κ1) is 10.5. The third kappa shape index (κ3) is 1.87. The Morgan fingerprint density at radius 1 is 1.40 bits per heavy atom. The van der Waals surface area contributed by atoms with Gasteiger partial charge in [0.05, 0.1) is 19.3 Å². The zero-order chi connectivity index (χ0) is 11.3. The molecule has 0 aromatic carbocycles. The summed E-state index contributed by atoms with van der Waals surface area (Å²) in [4.78, 5) is 0. The second-order valence-electron chi connectivity index (χ2n) is 6.22. The van der Waals surface area contributed by atoms with Gasteiger partial charge in [0.2, 0.25) is 5.88 Å². The van der Waals surface area contributed by atoms with Gasteiger partial charge in [-0.2, -0.15) is 5.10 Å². The van der Waals surface area contributed by atoms with Crippen molar-refractivity contribution in [3.63, 3.8) is 0 Å². The molecule has 0 radical (unpaired) electrons. The lowest BCUT2D eigenvalue weighted by Gasteiger charge is -2.32. The fraction of sp³-hybridized carbons (Fsp3) is 0.750. The highest BCUT2D eigenvalue weighted by atomic mass is 16.5. The van der Waals surface area contributed by atoms with Crippen LogP contribution in [0.5, 0.6) is 5.88 Å². The van der Waals surface area contributed by atoms with E-state index >= 15 is 0 Å². The van der Waals surface area contributed by atoms with Crippen molar-refractivity contribution in [2.24, 2.45) is 5.41 Å². The molecule has 0 saturated heterocycles. The Hall–Kier alpha value is -0.990. The summed E-state index contributed by atoms with van der Waals surface area (Å²) in [6.07, 6.45) is 1.94. The second-order valence-corrected chi connectivity index (χ2v) is 6.22. The van der Waals surface area contributed by atoms with Crippen LogP contribution < -0.4 is 4.74 Å². The lowest BCUT2D eigenvalue weighted by Crippen LogP contribution is -2.33. The van der Waals surface area contributed by atoms with E-state index in [1.165, 1.54) is 5.56 Å². The Bertz CT molecular complexity index is 371. The number of rotatable bonds is 0. The van der Waals surface area contributed by atoms with Crippen LogP contribution in [0.25, 0.3) is 0 Å². The molecule has 3 nitrogen and oxygen atoms in total. The van der Waals surface area contributed by atoms with Crippen LogP contribution in [0.15, 0.2) is 6.20 Å². The quantitative estimate of drug-likeness (QED) is 0.655. The first-order valence-corrected chi connectivity index (χ1v) is 5.49. The fourth-order valence-corrected chi connectivity index (χ4v) is 1.87. The van der Waals surface area contributed by atoms with E-state index in [0.717, 1.165) is 19.0 Å². The maximum Gasteiger partial charge on any atom is 0.215 e. The van der Waals surface area contributed by atoms with Crippen LogP contribution in [0.3, 0.4) is 0 Å². The second kappa shape index (κ2) is 3.00. The topological polar surface area (TPSA) is 27.1 Å². The van der Waals surface area contributed by atoms with E-state index in [4.69, 9.17) is 4.74 Å². The van der Waals surface area contributed by atoms with Gasteiger partial charge < -0.3 is 4.74 Å². The SMILES string of the molecule is CC1(C)COc2c(C(C)(C)C)cnn2C1. The molecule has 0 amide bonds. The molecule has 0 spiro atoms. The summed E-state index contributed by atoms with van der Waals surface area (Å²) in [7, 11) is 0. The van der Waals surface area contributed by atoms with Gasteiger partial charge in [0, 0.05) is 11.0 Å².